The van der Waals surface area contributed by atoms with Crippen molar-refractivity contribution in [1.29, 1.82) is 0 Å². The average molecular weight is 407 g/mol. The summed E-state index contributed by atoms with van der Waals surface area (Å²) in [4.78, 5) is 31.4. The summed E-state index contributed by atoms with van der Waals surface area (Å²) >= 11 is 0. The number of ether oxygens (including phenoxy) is 1. The fourth-order valence-electron chi connectivity index (χ4n) is 3.99. The highest BCUT2D eigenvalue weighted by atomic mass is 19.4. The van der Waals surface area contributed by atoms with Gasteiger partial charge in [-0.15, -0.1) is 0 Å². The monoisotopic (exact) mass is 407 g/mol. The highest BCUT2D eigenvalue weighted by Crippen LogP contribution is 2.43. The summed E-state index contributed by atoms with van der Waals surface area (Å²) < 4.78 is 47.8. The molecule has 1 saturated heterocycles. The largest absolute Gasteiger partial charge is 0.455 e. The number of rotatable bonds is 1. The number of nitrogens with zero attached hydrogens (tertiary/aromatic N) is 3. The number of carbonyl (C=O) groups is 2. The predicted molar refractivity (Wildman–Crippen MR) is 96.7 cm³/mol. The summed E-state index contributed by atoms with van der Waals surface area (Å²) in [5, 5.41) is 0. The zero-order chi connectivity index (χ0) is 21.1. The molecule has 0 bridgehead atoms. The smallest absolute Gasteiger partial charge is 0.417 e. The molecule has 154 valence electrons. The second-order valence-corrected chi connectivity index (χ2v) is 8.20. The summed E-state index contributed by atoms with van der Waals surface area (Å²) in [6.45, 7) is 5.47. The van der Waals surface area contributed by atoms with Gasteiger partial charge in [0.2, 0.25) is 0 Å². The van der Waals surface area contributed by atoms with Gasteiger partial charge in [-0.1, -0.05) is 6.07 Å². The molecule has 2 aliphatic heterocycles. The third-order valence-corrected chi connectivity index (χ3v) is 5.05. The van der Waals surface area contributed by atoms with Gasteiger partial charge in [-0.05, 0) is 45.7 Å². The van der Waals surface area contributed by atoms with Crippen LogP contribution in [0.5, 0.6) is 0 Å². The normalized spacial score (nSPS) is 18.8. The molecule has 2 aliphatic rings. The number of halogens is 3. The quantitative estimate of drug-likeness (QED) is 0.667. The van der Waals surface area contributed by atoms with Gasteiger partial charge in [0.1, 0.15) is 11.9 Å². The SMILES string of the molecule is CC(C)(C)OC(=O)c1ncn2c1[C@@H]1CCCN1C(=O)c1c-2cccc1C(F)(F)F. The zero-order valence-electron chi connectivity index (χ0n) is 16.2. The van der Waals surface area contributed by atoms with E-state index >= 15 is 0 Å². The average Bonchev–Trinajstić information content (AvgIpc) is 3.22. The lowest BCUT2D eigenvalue weighted by atomic mass is 10.0. The molecule has 9 heteroatoms. The van der Waals surface area contributed by atoms with Gasteiger partial charge in [0, 0.05) is 6.54 Å². The number of hydrogen-bond donors (Lipinski definition) is 0. The Labute approximate surface area is 165 Å². The maximum absolute atomic E-state index is 13.7. The third kappa shape index (κ3) is 3.18. The van der Waals surface area contributed by atoms with E-state index in [0.717, 1.165) is 6.07 Å². The molecule has 1 aromatic heterocycles. The minimum absolute atomic E-state index is 0.0230. The first kappa shape index (κ1) is 19.5. The van der Waals surface area contributed by atoms with E-state index in [2.05, 4.69) is 4.98 Å². The fourth-order valence-corrected chi connectivity index (χ4v) is 3.99. The Balaban J connectivity index is 1.96. The van der Waals surface area contributed by atoms with Crippen molar-refractivity contribution in [3.63, 3.8) is 0 Å². The van der Waals surface area contributed by atoms with Crippen LogP contribution in [-0.4, -0.2) is 38.5 Å². The van der Waals surface area contributed by atoms with E-state index in [-0.39, 0.29) is 11.4 Å². The number of alkyl halides is 3. The molecule has 1 fully saturated rings. The Morgan fingerprint density at radius 1 is 1.24 bits per heavy atom. The van der Waals surface area contributed by atoms with Crippen molar-refractivity contribution in [3.05, 3.63) is 47.0 Å². The predicted octanol–water partition coefficient (Wildman–Crippen LogP) is 4.14. The molecule has 0 radical (unpaired) electrons. The second-order valence-electron chi connectivity index (χ2n) is 8.20. The molecule has 0 spiro atoms. The lowest BCUT2D eigenvalue weighted by Gasteiger charge is -2.24. The molecule has 29 heavy (non-hydrogen) atoms. The van der Waals surface area contributed by atoms with Crippen LogP contribution in [0, 0.1) is 0 Å². The van der Waals surface area contributed by atoms with Gasteiger partial charge in [-0.3, -0.25) is 9.36 Å². The van der Waals surface area contributed by atoms with E-state index in [1.54, 1.807) is 20.8 Å². The van der Waals surface area contributed by atoms with E-state index in [1.807, 2.05) is 0 Å². The molecule has 1 amide bonds. The Morgan fingerprint density at radius 2 is 1.97 bits per heavy atom. The van der Waals surface area contributed by atoms with E-state index in [4.69, 9.17) is 4.74 Å². The topological polar surface area (TPSA) is 64.4 Å². The van der Waals surface area contributed by atoms with Crippen molar-refractivity contribution in [2.45, 2.75) is 51.4 Å². The minimum Gasteiger partial charge on any atom is -0.455 e. The maximum atomic E-state index is 13.7. The highest BCUT2D eigenvalue weighted by molar-refractivity contribution is 6.01. The standard InChI is InChI=1S/C20H20F3N3O3/c1-19(2,3)29-18(28)15-16-13-8-5-9-25(13)17(27)14-11(20(21,22)23)6-4-7-12(14)26(16)10-24-15/h4,6-7,10,13H,5,8-9H2,1-3H3/t13-/m0/s1. The highest BCUT2D eigenvalue weighted by Gasteiger charge is 2.45. The summed E-state index contributed by atoms with van der Waals surface area (Å²) in [5.74, 6) is -1.35. The number of amides is 1. The van der Waals surface area contributed by atoms with Crippen LogP contribution in [0.1, 0.15) is 71.8 Å². The molecule has 2 aromatic rings. The first-order valence-corrected chi connectivity index (χ1v) is 9.31. The molecular weight excluding hydrogens is 387 g/mol. The molecule has 0 saturated carbocycles. The van der Waals surface area contributed by atoms with Crippen LogP contribution in [0.2, 0.25) is 0 Å². The van der Waals surface area contributed by atoms with Crippen LogP contribution < -0.4 is 0 Å². The Morgan fingerprint density at radius 3 is 2.62 bits per heavy atom. The van der Waals surface area contributed by atoms with Crippen molar-refractivity contribution in [1.82, 2.24) is 14.5 Å². The van der Waals surface area contributed by atoms with Crippen molar-refractivity contribution < 1.29 is 27.5 Å². The molecule has 3 heterocycles. The molecule has 1 atom stereocenters. The lowest BCUT2D eigenvalue weighted by molar-refractivity contribution is -0.138. The Bertz CT molecular complexity index is 1000. The van der Waals surface area contributed by atoms with Crippen LogP contribution in [0.15, 0.2) is 24.5 Å². The van der Waals surface area contributed by atoms with Crippen LogP contribution in [0.4, 0.5) is 13.2 Å². The van der Waals surface area contributed by atoms with E-state index in [0.29, 0.717) is 25.1 Å². The maximum Gasteiger partial charge on any atom is 0.417 e. The zero-order valence-corrected chi connectivity index (χ0v) is 16.2. The van der Waals surface area contributed by atoms with E-state index in [9.17, 15) is 22.8 Å². The van der Waals surface area contributed by atoms with Crippen LogP contribution in [0.3, 0.4) is 0 Å². The number of benzene rings is 1. The molecule has 0 aliphatic carbocycles. The van der Waals surface area contributed by atoms with Gasteiger partial charge >= 0.3 is 12.1 Å². The molecule has 1 aromatic carbocycles. The van der Waals surface area contributed by atoms with Crippen molar-refractivity contribution >= 4 is 11.9 Å². The van der Waals surface area contributed by atoms with Crippen LogP contribution >= 0.6 is 0 Å². The van der Waals surface area contributed by atoms with Gasteiger partial charge in [0.15, 0.2) is 5.69 Å². The number of hydrogen-bond acceptors (Lipinski definition) is 4. The van der Waals surface area contributed by atoms with E-state index in [1.165, 1.54) is 27.9 Å². The number of aromatic nitrogens is 2. The molecule has 0 N–H and O–H groups in total. The molecule has 4 rings (SSSR count). The Kier molecular flexibility index (Phi) is 4.25. The third-order valence-electron chi connectivity index (χ3n) is 5.05. The van der Waals surface area contributed by atoms with E-state index < -0.39 is 40.8 Å². The number of imidazole rings is 1. The summed E-state index contributed by atoms with van der Waals surface area (Å²) in [6, 6.07) is 3.05. The number of esters is 1. The Hall–Kier alpha value is -2.84. The molecule has 0 unspecified atom stereocenters. The minimum atomic E-state index is -4.69. The van der Waals surface area contributed by atoms with Gasteiger partial charge in [0.05, 0.1) is 28.6 Å². The molecule has 6 nitrogen and oxygen atoms in total. The molecular formula is C20H20F3N3O3. The van der Waals surface area contributed by atoms with Crippen molar-refractivity contribution in [2.24, 2.45) is 0 Å². The van der Waals surface area contributed by atoms with Gasteiger partial charge in [0.25, 0.3) is 5.91 Å². The first-order valence-electron chi connectivity index (χ1n) is 9.31. The number of carbonyl (C=O) groups excluding carboxylic acids is 2. The van der Waals surface area contributed by atoms with Gasteiger partial charge in [-0.25, -0.2) is 9.78 Å². The van der Waals surface area contributed by atoms with Crippen LogP contribution in [-0.2, 0) is 10.9 Å². The van der Waals surface area contributed by atoms with Crippen LogP contribution in [0.25, 0.3) is 5.69 Å². The summed E-state index contributed by atoms with van der Waals surface area (Å²) in [6.07, 6.45) is -2.24. The van der Waals surface area contributed by atoms with Gasteiger partial charge in [-0.2, -0.15) is 13.2 Å². The fraction of sp³-hybridized carbons (Fsp3) is 0.450. The van der Waals surface area contributed by atoms with Gasteiger partial charge < -0.3 is 9.64 Å². The lowest BCUT2D eigenvalue weighted by Crippen LogP contribution is -2.32. The summed E-state index contributed by atoms with van der Waals surface area (Å²) in [7, 11) is 0. The first-order chi connectivity index (χ1) is 13.5. The number of fused-ring (bicyclic) bond motifs is 5. The van der Waals surface area contributed by atoms with Crippen molar-refractivity contribution in [2.75, 3.05) is 6.54 Å². The second kappa shape index (κ2) is 6.33. The van der Waals surface area contributed by atoms with Crippen molar-refractivity contribution in [3.8, 4) is 5.69 Å². The summed E-state index contributed by atoms with van der Waals surface area (Å²) in [5.41, 5.74) is -1.69.